The van der Waals surface area contributed by atoms with Crippen molar-refractivity contribution in [3.05, 3.63) is 63.5 Å². The van der Waals surface area contributed by atoms with Crippen molar-refractivity contribution in [3.8, 4) is 11.3 Å². The van der Waals surface area contributed by atoms with Crippen molar-refractivity contribution in [3.63, 3.8) is 0 Å². The Hall–Kier alpha value is -2.66. The van der Waals surface area contributed by atoms with Crippen molar-refractivity contribution in [1.29, 1.82) is 0 Å². The average molecular weight is 340 g/mol. The number of aromatic amines is 1. The number of carbonyl (C=O) groups is 1. The number of fused-ring (bicyclic) bond motifs is 1. The summed E-state index contributed by atoms with van der Waals surface area (Å²) >= 11 is 6.20. The molecule has 6 heteroatoms. The van der Waals surface area contributed by atoms with Crippen LogP contribution in [-0.2, 0) is 10.2 Å². The van der Waals surface area contributed by atoms with E-state index < -0.39 is 11.3 Å². The minimum Gasteiger partial charge on any atom is -0.369 e. The number of hydrogen-bond donors (Lipinski definition) is 2. The van der Waals surface area contributed by atoms with E-state index in [2.05, 4.69) is 9.97 Å². The van der Waals surface area contributed by atoms with Crippen LogP contribution in [0.1, 0.15) is 18.5 Å². The van der Waals surface area contributed by atoms with Crippen molar-refractivity contribution in [1.82, 2.24) is 9.97 Å². The van der Waals surface area contributed by atoms with E-state index in [1.54, 1.807) is 18.3 Å². The van der Waals surface area contributed by atoms with Gasteiger partial charge in [0, 0.05) is 22.0 Å². The minimum atomic E-state index is -0.706. The summed E-state index contributed by atoms with van der Waals surface area (Å²) < 4.78 is 0. The molecule has 0 aliphatic heterocycles. The first-order valence-corrected chi connectivity index (χ1v) is 7.97. The highest BCUT2D eigenvalue weighted by molar-refractivity contribution is 6.33. The Balaban J connectivity index is 1.88. The van der Waals surface area contributed by atoms with E-state index in [4.69, 9.17) is 17.3 Å². The molecule has 5 nitrogen and oxygen atoms in total. The van der Waals surface area contributed by atoms with Gasteiger partial charge in [0.25, 0.3) is 0 Å². The molecule has 0 bridgehead atoms. The van der Waals surface area contributed by atoms with Crippen molar-refractivity contribution < 1.29 is 4.79 Å². The number of H-pyrrole nitrogens is 1. The summed E-state index contributed by atoms with van der Waals surface area (Å²) in [6.07, 6.45) is 2.93. The monoisotopic (exact) mass is 339 g/mol. The molecule has 0 radical (unpaired) electrons. The van der Waals surface area contributed by atoms with Crippen LogP contribution in [0.15, 0.2) is 47.4 Å². The second-order valence-corrected chi connectivity index (χ2v) is 6.50. The van der Waals surface area contributed by atoms with Crippen LogP contribution in [0.3, 0.4) is 0 Å². The molecule has 1 aliphatic carbocycles. The molecule has 1 aliphatic rings. The zero-order valence-electron chi connectivity index (χ0n) is 12.7. The number of aromatic nitrogens is 2. The average Bonchev–Trinajstić information content (AvgIpc) is 3.37. The Kier molecular flexibility index (Phi) is 3.21. The predicted octanol–water partition coefficient (Wildman–Crippen LogP) is 2.76. The van der Waals surface area contributed by atoms with Gasteiger partial charge in [-0.2, -0.15) is 0 Å². The van der Waals surface area contributed by atoms with Crippen LogP contribution in [0.5, 0.6) is 0 Å². The van der Waals surface area contributed by atoms with E-state index in [0.717, 1.165) is 5.56 Å². The maximum absolute atomic E-state index is 12.5. The summed E-state index contributed by atoms with van der Waals surface area (Å²) in [7, 11) is 0. The Morgan fingerprint density at radius 3 is 2.67 bits per heavy atom. The zero-order chi connectivity index (χ0) is 16.9. The molecule has 1 aromatic carbocycles. The van der Waals surface area contributed by atoms with Gasteiger partial charge in [-0.1, -0.05) is 29.8 Å². The molecule has 0 spiro atoms. The van der Waals surface area contributed by atoms with E-state index in [1.165, 1.54) is 6.07 Å². The minimum absolute atomic E-state index is 0.150. The molecule has 24 heavy (non-hydrogen) atoms. The number of rotatable bonds is 3. The number of hydrogen-bond acceptors (Lipinski definition) is 3. The number of nitrogens with two attached hydrogens (primary N) is 1. The molecular weight excluding hydrogens is 326 g/mol. The summed E-state index contributed by atoms with van der Waals surface area (Å²) in [5.74, 6) is -0.390. The predicted molar refractivity (Wildman–Crippen MR) is 92.9 cm³/mol. The van der Waals surface area contributed by atoms with E-state index >= 15 is 0 Å². The quantitative estimate of drug-likeness (QED) is 0.769. The Labute approximate surface area is 142 Å². The van der Waals surface area contributed by atoms with E-state index in [0.29, 0.717) is 40.2 Å². The van der Waals surface area contributed by atoms with Crippen LogP contribution >= 0.6 is 11.6 Å². The number of benzene rings is 1. The topological polar surface area (TPSA) is 88.8 Å². The van der Waals surface area contributed by atoms with Gasteiger partial charge in [0.05, 0.1) is 28.5 Å². The van der Waals surface area contributed by atoms with Crippen LogP contribution in [0.25, 0.3) is 22.2 Å². The number of primary amides is 1. The molecule has 2 aromatic heterocycles. The molecule has 2 heterocycles. The largest absolute Gasteiger partial charge is 0.369 e. The first kappa shape index (κ1) is 14.9. The number of pyridine rings is 2. The van der Waals surface area contributed by atoms with Gasteiger partial charge in [-0.3, -0.25) is 14.6 Å². The van der Waals surface area contributed by atoms with Gasteiger partial charge in [-0.15, -0.1) is 0 Å². The van der Waals surface area contributed by atoms with Gasteiger partial charge < -0.3 is 10.7 Å². The third-order valence-electron chi connectivity index (χ3n) is 4.59. The van der Waals surface area contributed by atoms with E-state index in [1.807, 2.05) is 18.2 Å². The summed E-state index contributed by atoms with van der Waals surface area (Å²) in [4.78, 5) is 31.8. The summed E-state index contributed by atoms with van der Waals surface area (Å²) in [5, 5.41) is 1.05. The second-order valence-electron chi connectivity index (χ2n) is 6.09. The molecule has 4 rings (SSSR count). The lowest BCUT2D eigenvalue weighted by atomic mass is 9.99. The fourth-order valence-corrected chi connectivity index (χ4v) is 3.23. The van der Waals surface area contributed by atoms with E-state index in [-0.39, 0.29) is 5.43 Å². The Morgan fingerprint density at radius 1 is 1.25 bits per heavy atom. The molecule has 3 aromatic rings. The van der Waals surface area contributed by atoms with Crippen molar-refractivity contribution in [2.24, 2.45) is 5.73 Å². The van der Waals surface area contributed by atoms with Gasteiger partial charge in [-0.25, -0.2) is 0 Å². The molecule has 1 amide bonds. The van der Waals surface area contributed by atoms with Crippen molar-refractivity contribution in [2.45, 2.75) is 18.3 Å². The number of amides is 1. The third kappa shape index (κ3) is 2.20. The first-order chi connectivity index (χ1) is 11.5. The highest BCUT2D eigenvalue weighted by Crippen LogP contribution is 2.47. The van der Waals surface area contributed by atoms with Gasteiger partial charge in [0.1, 0.15) is 0 Å². The van der Waals surface area contributed by atoms with Crippen LogP contribution in [-0.4, -0.2) is 15.9 Å². The number of nitrogens with zero attached hydrogens (tertiary/aromatic N) is 1. The SMILES string of the molecule is NC(=O)C1(c2cc3c(=O)cc(-c4ccccc4Cl)[nH]c3cn2)CC1. The second kappa shape index (κ2) is 5.18. The van der Waals surface area contributed by atoms with Crippen molar-refractivity contribution in [2.75, 3.05) is 0 Å². The van der Waals surface area contributed by atoms with Crippen LogP contribution < -0.4 is 11.2 Å². The summed E-state index contributed by atoms with van der Waals surface area (Å²) in [5.41, 5.74) is 7.17. The molecule has 120 valence electrons. The number of halogens is 1. The molecule has 0 unspecified atom stereocenters. The van der Waals surface area contributed by atoms with Gasteiger partial charge in [0.2, 0.25) is 5.91 Å². The molecule has 3 N–H and O–H groups in total. The highest BCUT2D eigenvalue weighted by atomic mass is 35.5. The third-order valence-corrected chi connectivity index (χ3v) is 4.92. The number of nitrogens with one attached hydrogen (secondary N) is 1. The molecule has 0 atom stereocenters. The van der Waals surface area contributed by atoms with Crippen LogP contribution in [0.4, 0.5) is 0 Å². The first-order valence-electron chi connectivity index (χ1n) is 7.60. The molecular formula is C18H14ClN3O2. The normalized spacial score (nSPS) is 15.4. The fraction of sp³-hybridized carbons (Fsp3) is 0.167. The van der Waals surface area contributed by atoms with Gasteiger partial charge in [0.15, 0.2) is 5.43 Å². The lowest BCUT2D eigenvalue weighted by Gasteiger charge is -2.11. The lowest BCUT2D eigenvalue weighted by Crippen LogP contribution is -2.29. The standard InChI is InChI=1S/C18H14ClN3O2/c19-12-4-2-1-3-10(12)13-8-15(23)11-7-16(21-9-14(11)22-13)18(5-6-18)17(20)24/h1-4,7-9H,5-6H2,(H2,20,24)(H,22,23). The maximum Gasteiger partial charge on any atom is 0.229 e. The zero-order valence-corrected chi connectivity index (χ0v) is 13.4. The fourth-order valence-electron chi connectivity index (χ4n) is 2.99. The number of carbonyl (C=O) groups excluding carboxylic acids is 1. The van der Waals surface area contributed by atoms with Gasteiger partial charge >= 0.3 is 0 Å². The van der Waals surface area contributed by atoms with E-state index in [9.17, 15) is 9.59 Å². The highest BCUT2D eigenvalue weighted by Gasteiger charge is 2.51. The Morgan fingerprint density at radius 2 is 2.00 bits per heavy atom. The van der Waals surface area contributed by atoms with Crippen LogP contribution in [0.2, 0.25) is 5.02 Å². The molecule has 1 saturated carbocycles. The molecule has 0 saturated heterocycles. The summed E-state index contributed by atoms with van der Waals surface area (Å²) in [6.45, 7) is 0. The molecule has 1 fully saturated rings. The smallest absolute Gasteiger partial charge is 0.229 e. The summed E-state index contributed by atoms with van der Waals surface area (Å²) in [6, 6.07) is 10.5. The Bertz CT molecular complexity index is 1040. The van der Waals surface area contributed by atoms with Gasteiger partial charge in [-0.05, 0) is 25.0 Å². The van der Waals surface area contributed by atoms with Crippen LogP contribution in [0, 0.1) is 0 Å². The maximum atomic E-state index is 12.5. The van der Waals surface area contributed by atoms with Crippen molar-refractivity contribution >= 4 is 28.4 Å². The lowest BCUT2D eigenvalue weighted by molar-refractivity contribution is -0.120.